The van der Waals surface area contributed by atoms with Gasteiger partial charge in [-0.15, -0.1) is 0 Å². The van der Waals surface area contributed by atoms with Crippen molar-refractivity contribution in [2.24, 2.45) is 0 Å². The topological polar surface area (TPSA) is 117 Å². The summed E-state index contributed by atoms with van der Waals surface area (Å²) in [5.41, 5.74) is -0.143. The minimum absolute atomic E-state index is 0.0755. The summed E-state index contributed by atoms with van der Waals surface area (Å²) in [6.07, 6.45) is 0.649. The van der Waals surface area contributed by atoms with Crippen LogP contribution in [0.5, 0.6) is 11.5 Å². The first-order valence-corrected chi connectivity index (χ1v) is 10.1. The zero-order valence-corrected chi connectivity index (χ0v) is 16.3. The molecule has 0 amide bonds. The number of hydrogen-bond acceptors (Lipinski definition) is 7. The predicted octanol–water partition coefficient (Wildman–Crippen LogP) is 4.09. The second-order valence-electron chi connectivity index (χ2n) is 5.76. The molecule has 0 heterocycles. The van der Waals surface area contributed by atoms with Crippen molar-refractivity contribution in [3.8, 4) is 11.5 Å². The number of ether oxygens (including phenoxy) is 1. The number of para-hydroxylation sites is 1. The third kappa shape index (κ3) is 6.37. The lowest BCUT2D eigenvalue weighted by molar-refractivity contribution is -0.384. The van der Waals surface area contributed by atoms with Gasteiger partial charge in [0.25, 0.3) is 5.69 Å². The van der Waals surface area contributed by atoms with Crippen LogP contribution in [0.4, 0.5) is 5.69 Å². The van der Waals surface area contributed by atoms with Crippen molar-refractivity contribution in [1.29, 1.82) is 0 Å². The van der Waals surface area contributed by atoms with E-state index in [-0.39, 0.29) is 23.8 Å². The van der Waals surface area contributed by atoms with E-state index in [1.807, 2.05) is 6.92 Å². The predicted molar refractivity (Wildman–Crippen MR) is 102 cm³/mol. The van der Waals surface area contributed by atoms with E-state index < -0.39 is 24.7 Å². The Morgan fingerprint density at radius 1 is 1.11 bits per heavy atom. The van der Waals surface area contributed by atoms with Crippen molar-refractivity contribution < 1.29 is 28.1 Å². The lowest BCUT2D eigenvalue weighted by atomic mass is 10.3. The van der Waals surface area contributed by atoms with Crippen LogP contribution in [-0.2, 0) is 14.1 Å². The number of nitro groups is 1. The number of nitrogens with one attached hydrogen (secondary N) is 1. The van der Waals surface area contributed by atoms with Gasteiger partial charge in [0.15, 0.2) is 0 Å². The largest absolute Gasteiger partial charge is 0.513 e. The molecule has 0 aliphatic rings. The van der Waals surface area contributed by atoms with Gasteiger partial charge < -0.3 is 13.8 Å². The van der Waals surface area contributed by atoms with Gasteiger partial charge in [0, 0.05) is 12.1 Å². The van der Waals surface area contributed by atoms with Crippen LogP contribution in [0.3, 0.4) is 0 Å². The van der Waals surface area contributed by atoms with E-state index in [0.29, 0.717) is 6.42 Å². The molecule has 0 radical (unpaired) electrons. The molecule has 2 rings (SSSR count). The molecule has 2 aromatic rings. The number of carbonyl (C=O) groups excluding carboxylic acids is 1. The lowest BCUT2D eigenvalue weighted by Crippen LogP contribution is -2.35. The van der Waals surface area contributed by atoms with Crippen LogP contribution in [0, 0.1) is 10.1 Å². The van der Waals surface area contributed by atoms with E-state index >= 15 is 0 Å². The summed E-state index contributed by atoms with van der Waals surface area (Å²) < 4.78 is 29.2. The Morgan fingerprint density at radius 2 is 1.68 bits per heavy atom. The molecule has 9 nitrogen and oxygen atoms in total. The van der Waals surface area contributed by atoms with Gasteiger partial charge in [-0.1, -0.05) is 25.1 Å². The van der Waals surface area contributed by atoms with Gasteiger partial charge >= 0.3 is 13.7 Å². The van der Waals surface area contributed by atoms with Gasteiger partial charge in [-0.05, 0) is 37.6 Å². The smallest absolute Gasteiger partial charge is 0.465 e. The number of rotatable bonds is 10. The summed E-state index contributed by atoms with van der Waals surface area (Å²) in [6.45, 7) is 3.56. The fourth-order valence-corrected chi connectivity index (χ4v) is 3.60. The van der Waals surface area contributed by atoms with Crippen molar-refractivity contribution in [3.05, 3.63) is 64.7 Å². The third-order valence-electron chi connectivity index (χ3n) is 3.40. The first-order chi connectivity index (χ1) is 13.3. The van der Waals surface area contributed by atoms with E-state index in [4.69, 9.17) is 13.8 Å². The summed E-state index contributed by atoms with van der Waals surface area (Å²) in [4.78, 5) is 22.2. The number of non-ortho nitro benzene ring substituents is 1. The lowest BCUT2D eigenvalue weighted by Gasteiger charge is -2.23. The summed E-state index contributed by atoms with van der Waals surface area (Å²) in [5.74, 6) is -0.271. The molecular formula is C18H21N2O7P. The van der Waals surface area contributed by atoms with Crippen molar-refractivity contribution in [1.82, 2.24) is 5.09 Å². The molecule has 150 valence electrons. The highest BCUT2D eigenvalue weighted by Gasteiger charge is 2.33. The number of hydrogen-bond donors (Lipinski definition) is 1. The minimum Gasteiger partial charge on any atom is -0.465 e. The van der Waals surface area contributed by atoms with Crippen molar-refractivity contribution in [3.63, 3.8) is 0 Å². The van der Waals surface area contributed by atoms with Crippen LogP contribution in [0.25, 0.3) is 0 Å². The van der Waals surface area contributed by atoms with Gasteiger partial charge in [0.2, 0.25) is 0 Å². The second kappa shape index (κ2) is 9.87. The molecule has 0 bridgehead atoms. The van der Waals surface area contributed by atoms with Gasteiger partial charge in [-0.3, -0.25) is 14.9 Å². The van der Waals surface area contributed by atoms with Crippen molar-refractivity contribution in [2.75, 3.05) is 6.61 Å². The highest BCUT2D eigenvalue weighted by Crippen LogP contribution is 2.45. The minimum atomic E-state index is -4.06. The molecule has 2 aromatic carbocycles. The Bertz CT molecular complexity index is 843. The monoisotopic (exact) mass is 408 g/mol. The molecule has 0 saturated carbocycles. The first kappa shape index (κ1) is 21.4. The van der Waals surface area contributed by atoms with Crippen LogP contribution in [-0.4, -0.2) is 23.5 Å². The maximum atomic E-state index is 13.3. The van der Waals surface area contributed by atoms with E-state index in [9.17, 15) is 19.5 Å². The van der Waals surface area contributed by atoms with E-state index in [2.05, 4.69) is 5.09 Å². The zero-order chi connectivity index (χ0) is 20.6. The number of benzene rings is 2. The Morgan fingerprint density at radius 3 is 2.21 bits per heavy atom. The average molecular weight is 408 g/mol. The number of nitro benzene ring substituents is 1. The highest BCUT2D eigenvalue weighted by atomic mass is 31.2. The maximum absolute atomic E-state index is 13.3. The molecule has 10 heteroatoms. The summed E-state index contributed by atoms with van der Waals surface area (Å²) >= 11 is 0. The second-order valence-corrected chi connectivity index (χ2v) is 7.38. The Balaban J connectivity index is 2.21. The summed E-state index contributed by atoms with van der Waals surface area (Å²) in [7, 11) is -4.06. The number of carbonyl (C=O) groups is 1. The van der Waals surface area contributed by atoms with Crippen LogP contribution in [0.1, 0.15) is 20.3 Å². The van der Waals surface area contributed by atoms with E-state index in [1.165, 1.54) is 31.2 Å². The van der Waals surface area contributed by atoms with Crippen LogP contribution < -0.4 is 14.1 Å². The molecular weight excluding hydrogens is 387 g/mol. The Hall–Kier alpha value is -2.90. The van der Waals surface area contributed by atoms with E-state index in [0.717, 1.165) is 0 Å². The standard InChI is InChI=1S/C18H21N2O7P/c1-3-13-25-18(21)14(2)19-28(24,26-16-7-5-4-6-8-16)27-17-11-9-15(10-12-17)20(22)23/h4-12,14H,3,13H2,1-2H3,(H,19,24). The quantitative estimate of drug-likeness (QED) is 0.270. The highest BCUT2D eigenvalue weighted by molar-refractivity contribution is 7.52. The molecule has 1 N–H and O–H groups in total. The van der Waals surface area contributed by atoms with Crippen molar-refractivity contribution in [2.45, 2.75) is 26.3 Å². The number of esters is 1. The van der Waals surface area contributed by atoms with Crippen LogP contribution in [0.15, 0.2) is 54.6 Å². The Labute approximate surface area is 162 Å². The molecule has 0 saturated heterocycles. The summed E-state index contributed by atoms with van der Waals surface area (Å²) in [6, 6.07) is 12.3. The fraction of sp³-hybridized carbons (Fsp3) is 0.278. The SMILES string of the molecule is CCCOC(=O)C(C)NP(=O)(Oc1ccccc1)Oc1ccc([N+](=O)[O-])cc1. The number of nitrogens with zero attached hydrogens (tertiary/aromatic N) is 1. The molecule has 28 heavy (non-hydrogen) atoms. The summed E-state index contributed by atoms with van der Waals surface area (Å²) in [5, 5.41) is 13.3. The maximum Gasteiger partial charge on any atom is 0.513 e. The van der Waals surface area contributed by atoms with Gasteiger partial charge in [-0.25, -0.2) is 4.57 Å². The molecule has 2 unspecified atom stereocenters. The normalized spacial score (nSPS) is 13.8. The van der Waals surface area contributed by atoms with Gasteiger partial charge in [-0.2, -0.15) is 5.09 Å². The van der Waals surface area contributed by atoms with Gasteiger partial charge in [0.05, 0.1) is 11.5 Å². The molecule has 0 aliphatic carbocycles. The molecule has 2 atom stereocenters. The van der Waals surface area contributed by atoms with Gasteiger partial charge in [0.1, 0.15) is 17.5 Å². The molecule has 0 aliphatic heterocycles. The Kier molecular flexibility index (Phi) is 7.54. The van der Waals surface area contributed by atoms with E-state index in [1.54, 1.807) is 30.3 Å². The molecule has 0 aromatic heterocycles. The fourth-order valence-electron chi connectivity index (χ4n) is 2.08. The average Bonchev–Trinajstić information content (AvgIpc) is 2.66. The zero-order valence-electron chi connectivity index (χ0n) is 15.4. The molecule has 0 spiro atoms. The van der Waals surface area contributed by atoms with Crippen LogP contribution >= 0.6 is 7.75 Å². The van der Waals surface area contributed by atoms with Crippen LogP contribution in [0.2, 0.25) is 0 Å². The first-order valence-electron chi connectivity index (χ1n) is 8.56. The molecule has 0 fully saturated rings. The van der Waals surface area contributed by atoms with Crippen molar-refractivity contribution >= 4 is 19.4 Å². The third-order valence-corrected chi connectivity index (χ3v) is 5.00.